The Morgan fingerprint density at radius 1 is 1.54 bits per heavy atom. The third kappa shape index (κ3) is 2.02. The van der Waals surface area contributed by atoms with Crippen LogP contribution >= 0.6 is 0 Å². The maximum absolute atomic E-state index is 9.59. The fourth-order valence-electron chi connectivity index (χ4n) is 1.88. The molecule has 2 aliphatic heterocycles. The van der Waals surface area contributed by atoms with Crippen molar-refractivity contribution in [1.82, 2.24) is 10.2 Å². The summed E-state index contributed by atoms with van der Waals surface area (Å²) in [5, 5.41) is 12.9. The van der Waals surface area contributed by atoms with Gasteiger partial charge in [0.25, 0.3) is 0 Å². The fraction of sp³-hybridized carbons (Fsp3) is 1.00. The van der Waals surface area contributed by atoms with Gasteiger partial charge < -0.3 is 15.2 Å². The molecule has 2 heterocycles. The standard InChI is InChI=1S/C9H18N2O2/c1-11(7-5-13-6-7)4-8-9(12)2-3-10-8/h7-10,12H,2-6H2,1H3. The van der Waals surface area contributed by atoms with E-state index in [1.54, 1.807) is 0 Å². The highest BCUT2D eigenvalue weighted by Crippen LogP contribution is 2.12. The Balaban J connectivity index is 1.75. The molecule has 2 atom stereocenters. The molecule has 0 aliphatic carbocycles. The molecule has 0 aromatic rings. The van der Waals surface area contributed by atoms with E-state index in [1.807, 2.05) is 0 Å². The molecule has 0 amide bonds. The Hall–Kier alpha value is -0.160. The summed E-state index contributed by atoms with van der Waals surface area (Å²) in [5.74, 6) is 0. The summed E-state index contributed by atoms with van der Waals surface area (Å²) < 4.78 is 5.12. The van der Waals surface area contributed by atoms with Gasteiger partial charge in [-0.05, 0) is 20.0 Å². The van der Waals surface area contributed by atoms with Gasteiger partial charge in [-0.15, -0.1) is 0 Å². The molecule has 0 bridgehead atoms. The van der Waals surface area contributed by atoms with Gasteiger partial charge in [-0.3, -0.25) is 4.90 Å². The predicted molar refractivity (Wildman–Crippen MR) is 49.7 cm³/mol. The van der Waals surface area contributed by atoms with Gasteiger partial charge in [-0.2, -0.15) is 0 Å². The first-order valence-corrected chi connectivity index (χ1v) is 4.97. The zero-order valence-electron chi connectivity index (χ0n) is 8.07. The van der Waals surface area contributed by atoms with Crippen molar-refractivity contribution >= 4 is 0 Å². The number of likely N-dealkylation sites (N-methyl/N-ethyl adjacent to an activating group) is 1. The van der Waals surface area contributed by atoms with Crippen LogP contribution in [0.25, 0.3) is 0 Å². The van der Waals surface area contributed by atoms with E-state index in [2.05, 4.69) is 17.3 Å². The largest absolute Gasteiger partial charge is 0.391 e. The molecule has 0 aromatic carbocycles. The van der Waals surface area contributed by atoms with Crippen molar-refractivity contribution in [2.45, 2.75) is 24.6 Å². The summed E-state index contributed by atoms with van der Waals surface area (Å²) in [6.07, 6.45) is 0.725. The van der Waals surface area contributed by atoms with Crippen molar-refractivity contribution in [3.05, 3.63) is 0 Å². The lowest BCUT2D eigenvalue weighted by atomic mass is 10.1. The van der Waals surface area contributed by atoms with E-state index in [0.29, 0.717) is 6.04 Å². The molecule has 0 saturated carbocycles. The first-order valence-electron chi connectivity index (χ1n) is 4.97. The van der Waals surface area contributed by atoms with Crippen LogP contribution < -0.4 is 5.32 Å². The number of nitrogens with zero attached hydrogens (tertiary/aromatic N) is 1. The minimum absolute atomic E-state index is 0.163. The number of ether oxygens (including phenoxy) is 1. The Kier molecular flexibility index (Phi) is 2.83. The van der Waals surface area contributed by atoms with Crippen molar-refractivity contribution < 1.29 is 9.84 Å². The molecule has 4 nitrogen and oxygen atoms in total. The molecular formula is C9H18N2O2. The maximum atomic E-state index is 9.59. The molecule has 4 heteroatoms. The van der Waals surface area contributed by atoms with Crippen molar-refractivity contribution in [2.24, 2.45) is 0 Å². The quantitative estimate of drug-likeness (QED) is 0.596. The third-order valence-corrected chi connectivity index (χ3v) is 3.04. The van der Waals surface area contributed by atoms with E-state index in [4.69, 9.17) is 4.74 Å². The van der Waals surface area contributed by atoms with Crippen LogP contribution in [-0.2, 0) is 4.74 Å². The second-order valence-electron chi connectivity index (χ2n) is 4.05. The smallest absolute Gasteiger partial charge is 0.0717 e. The van der Waals surface area contributed by atoms with Crippen molar-refractivity contribution in [3.8, 4) is 0 Å². The van der Waals surface area contributed by atoms with Crippen LogP contribution in [0.3, 0.4) is 0 Å². The van der Waals surface area contributed by atoms with Crippen LogP contribution in [0.2, 0.25) is 0 Å². The van der Waals surface area contributed by atoms with Gasteiger partial charge in [0.05, 0.1) is 25.4 Å². The molecule has 76 valence electrons. The number of hydrogen-bond acceptors (Lipinski definition) is 4. The van der Waals surface area contributed by atoms with E-state index in [9.17, 15) is 5.11 Å². The first-order chi connectivity index (χ1) is 6.27. The topological polar surface area (TPSA) is 44.7 Å². The molecule has 0 spiro atoms. The van der Waals surface area contributed by atoms with Gasteiger partial charge in [-0.1, -0.05) is 0 Å². The van der Waals surface area contributed by atoms with Gasteiger partial charge in [0.1, 0.15) is 0 Å². The van der Waals surface area contributed by atoms with Crippen LogP contribution in [-0.4, -0.2) is 61.5 Å². The highest BCUT2D eigenvalue weighted by Gasteiger charge is 2.30. The highest BCUT2D eigenvalue weighted by atomic mass is 16.5. The second-order valence-corrected chi connectivity index (χ2v) is 4.05. The molecular weight excluding hydrogens is 168 g/mol. The predicted octanol–water partition coefficient (Wildman–Crippen LogP) is -0.960. The zero-order valence-corrected chi connectivity index (χ0v) is 8.07. The van der Waals surface area contributed by atoms with Crippen LogP contribution in [0.1, 0.15) is 6.42 Å². The van der Waals surface area contributed by atoms with E-state index in [-0.39, 0.29) is 12.1 Å². The zero-order chi connectivity index (χ0) is 9.26. The first kappa shape index (κ1) is 9.40. The summed E-state index contributed by atoms with van der Waals surface area (Å²) >= 11 is 0. The van der Waals surface area contributed by atoms with Crippen molar-refractivity contribution in [3.63, 3.8) is 0 Å². The number of nitrogens with one attached hydrogen (secondary N) is 1. The molecule has 2 N–H and O–H groups in total. The molecule has 0 radical (unpaired) electrons. The maximum Gasteiger partial charge on any atom is 0.0717 e. The molecule has 0 aromatic heterocycles. The van der Waals surface area contributed by atoms with Gasteiger partial charge in [-0.25, -0.2) is 0 Å². The Labute approximate surface area is 78.9 Å². The number of aliphatic hydroxyl groups excluding tert-OH is 1. The van der Waals surface area contributed by atoms with Crippen LogP contribution in [0.4, 0.5) is 0 Å². The average molecular weight is 186 g/mol. The minimum atomic E-state index is -0.163. The Bertz CT molecular complexity index is 173. The molecule has 2 unspecified atom stereocenters. The number of aliphatic hydroxyl groups is 1. The van der Waals surface area contributed by atoms with Gasteiger partial charge in [0, 0.05) is 12.6 Å². The average Bonchev–Trinajstić information content (AvgIpc) is 2.32. The normalized spacial score (nSPS) is 35.3. The van der Waals surface area contributed by atoms with Gasteiger partial charge in [0.2, 0.25) is 0 Å². The summed E-state index contributed by atoms with van der Waals surface area (Å²) in [5.41, 5.74) is 0. The molecule has 2 fully saturated rings. The Morgan fingerprint density at radius 3 is 2.77 bits per heavy atom. The van der Waals surface area contributed by atoms with Crippen molar-refractivity contribution in [1.29, 1.82) is 0 Å². The fourth-order valence-corrected chi connectivity index (χ4v) is 1.88. The third-order valence-electron chi connectivity index (χ3n) is 3.04. The molecule has 2 rings (SSSR count). The monoisotopic (exact) mass is 186 g/mol. The lowest BCUT2D eigenvalue weighted by molar-refractivity contribution is -0.0603. The van der Waals surface area contributed by atoms with E-state index >= 15 is 0 Å². The molecule has 2 saturated heterocycles. The second kappa shape index (κ2) is 3.92. The van der Waals surface area contributed by atoms with E-state index < -0.39 is 0 Å². The number of rotatable bonds is 3. The number of hydrogen-bond donors (Lipinski definition) is 2. The van der Waals surface area contributed by atoms with Crippen LogP contribution in [0.5, 0.6) is 0 Å². The Morgan fingerprint density at radius 2 is 2.31 bits per heavy atom. The minimum Gasteiger partial charge on any atom is -0.391 e. The van der Waals surface area contributed by atoms with Crippen LogP contribution in [0, 0.1) is 0 Å². The van der Waals surface area contributed by atoms with Crippen molar-refractivity contribution in [2.75, 3.05) is 33.4 Å². The summed E-state index contributed by atoms with van der Waals surface area (Å²) in [6.45, 7) is 3.56. The molecule has 2 aliphatic rings. The lowest BCUT2D eigenvalue weighted by Gasteiger charge is -2.36. The summed E-state index contributed by atoms with van der Waals surface area (Å²) in [6, 6.07) is 0.820. The van der Waals surface area contributed by atoms with Gasteiger partial charge in [0.15, 0.2) is 0 Å². The summed E-state index contributed by atoms with van der Waals surface area (Å²) in [4.78, 5) is 2.27. The highest BCUT2D eigenvalue weighted by molar-refractivity contribution is 4.87. The SMILES string of the molecule is CN(CC1NCCC1O)C1COC1. The summed E-state index contributed by atoms with van der Waals surface area (Å²) in [7, 11) is 2.10. The van der Waals surface area contributed by atoms with E-state index in [1.165, 1.54) is 0 Å². The van der Waals surface area contributed by atoms with E-state index in [0.717, 1.165) is 32.7 Å². The van der Waals surface area contributed by atoms with Gasteiger partial charge >= 0.3 is 0 Å². The van der Waals surface area contributed by atoms with Crippen LogP contribution in [0.15, 0.2) is 0 Å². The lowest BCUT2D eigenvalue weighted by Crippen LogP contribution is -2.52. The molecule has 13 heavy (non-hydrogen) atoms.